The summed E-state index contributed by atoms with van der Waals surface area (Å²) in [4.78, 5) is 11.3. The van der Waals surface area contributed by atoms with Gasteiger partial charge in [-0.3, -0.25) is 18.4 Å². The van der Waals surface area contributed by atoms with Crippen LogP contribution in [0.15, 0.2) is 0 Å². The van der Waals surface area contributed by atoms with Crippen LogP contribution in [0.2, 0.25) is 0 Å². The molecule has 0 aromatic carbocycles. The molecule has 0 radical (unpaired) electrons. The Morgan fingerprint density at radius 2 is 1.43 bits per heavy atom. The van der Waals surface area contributed by atoms with Crippen molar-refractivity contribution in [1.82, 2.24) is 0 Å². The van der Waals surface area contributed by atoms with Crippen LogP contribution < -0.4 is 0 Å². The molecule has 1 unspecified atom stereocenters. The van der Waals surface area contributed by atoms with Gasteiger partial charge < -0.3 is 4.74 Å². The molecule has 0 N–H and O–H groups in total. The third kappa shape index (κ3) is 8.27. The highest BCUT2D eigenvalue weighted by atomic mass is 31.2. The second kappa shape index (κ2) is 7.46. The van der Waals surface area contributed by atoms with E-state index >= 15 is 0 Å². The summed E-state index contributed by atoms with van der Waals surface area (Å²) in [5.41, 5.74) is -1.93. The van der Waals surface area contributed by atoms with E-state index in [1.165, 1.54) is 6.92 Å². The lowest BCUT2D eigenvalue weighted by molar-refractivity contribution is -0.167. The highest BCUT2D eigenvalue weighted by Gasteiger charge is 2.45. The summed E-state index contributed by atoms with van der Waals surface area (Å²) in [6, 6.07) is 0. The molecule has 0 bridgehead atoms. The van der Waals surface area contributed by atoms with Gasteiger partial charge in [0.05, 0.1) is 6.61 Å². The highest BCUT2D eigenvalue weighted by Crippen LogP contribution is 2.54. The number of alkyl halides is 6. The Kier molecular flexibility index (Phi) is 7.17. The van der Waals surface area contributed by atoms with Crippen molar-refractivity contribution in [1.29, 1.82) is 0 Å². The first-order valence-electron chi connectivity index (χ1n) is 5.49. The van der Waals surface area contributed by atoms with Crippen LogP contribution in [0.3, 0.4) is 0 Å². The largest absolute Gasteiger partial charge is 0.465 e. The maximum absolute atomic E-state index is 12.0. The second-order valence-corrected chi connectivity index (χ2v) is 6.12. The minimum absolute atomic E-state index is 0.207. The molecular formula is C9H13F6O5P. The zero-order valence-corrected chi connectivity index (χ0v) is 11.8. The molecule has 0 saturated heterocycles. The van der Waals surface area contributed by atoms with Gasteiger partial charge in [-0.15, -0.1) is 0 Å². The first-order chi connectivity index (χ1) is 9.31. The fourth-order valence-corrected chi connectivity index (χ4v) is 2.49. The summed E-state index contributed by atoms with van der Waals surface area (Å²) in [5, 5.41) is 0. The Morgan fingerprint density at radius 3 is 1.71 bits per heavy atom. The molecule has 0 fully saturated rings. The lowest BCUT2D eigenvalue weighted by Crippen LogP contribution is -2.27. The van der Waals surface area contributed by atoms with Crippen LogP contribution in [0.1, 0.15) is 13.8 Å². The Morgan fingerprint density at radius 1 is 1.05 bits per heavy atom. The molecule has 12 heteroatoms. The predicted octanol–water partition coefficient (Wildman–Crippen LogP) is 3.29. The number of rotatable bonds is 7. The molecule has 126 valence electrons. The lowest BCUT2D eigenvalue weighted by atomic mass is 10.5. The Hall–Kier alpha value is -0.800. The van der Waals surface area contributed by atoms with Crippen LogP contribution in [-0.2, 0) is 23.1 Å². The first-order valence-corrected chi connectivity index (χ1v) is 7.11. The maximum atomic E-state index is 12.0. The van der Waals surface area contributed by atoms with E-state index in [-0.39, 0.29) is 6.61 Å². The summed E-state index contributed by atoms with van der Waals surface area (Å²) in [6.45, 7) is -2.30. The number of carbonyl (C=O) groups is 1. The standard InChI is InChI=1S/C9H13F6O5P/c1-3-18-7(16)6(2)21(17,19-4-8(10,11)12)20-5-9(13,14)15/h6H,3-5H2,1-2H3. The van der Waals surface area contributed by atoms with Gasteiger partial charge in [0.25, 0.3) is 0 Å². The van der Waals surface area contributed by atoms with Crippen LogP contribution in [0.4, 0.5) is 26.3 Å². The van der Waals surface area contributed by atoms with Crippen molar-refractivity contribution in [3.8, 4) is 0 Å². The number of halogens is 6. The summed E-state index contributed by atoms with van der Waals surface area (Å²) in [6.07, 6.45) is -9.91. The van der Waals surface area contributed by atoms with Crippen LogP contribution in [0, 0.1) is 0 Å². The van der Waals surface area contributed by atoms with Crippen molar-refractivity contribution in [3.63, 3.8) is 0 Å². The third-order valence-corrected chi connectivity index (χ3v) is 4.06. The molecule has 0 saturated carbocycles. The van der Waals surface area contributed by atoms with Gasteiger partial charge in [0, 0.05) is 0 Å². The van der Waals surface area contributed by atoms with E-state index in [9.17, 15) is 35.7 Å². The molecule has 0 heterocycles. The van der Waals surface area contributed by atoms with Crippen molar-refractivity contribution in [2.75, 3.05) is 19.8 Å². The lowest BCUT2D eigenvalue weighted by Gasteiger charge is -2.24. The van der Waals surface area contributed by atoms with E-state index in [0.29, 0.717) is 0 Å². The zero-order valence-electron chi connectivity index (χ0n) is 11.0. The first kappa shape index (κ1) is 20.2. The van der Waals surface area contributed by atoms with Crippen molar-refractivity contribution in [2.24, 2.45) is 0 Å². The fraction of sp³-hybridized carbons (Fsp3) is 0.889. The summed E-state index contributed by atoms with van der Waals surface area (Å²) in [7, 11) is -5.00. The predicted molar refractivity (Wildman–Crippen MR) is 57.7 cm³/mol. The normalized spacial score (nSPS) is 14.9. The summed E-state index contributed by atoms with van der Waals surface area (Å²) in [5.74, 6) is -1.29. The van der Waals surface area contributed by atoms with E-state index in [4.69, 9.17) is 0 Å². The minimum atomic E-state index is -5.00. The van der Waals surface area contributed by atoms with Gasteiger partial charge in [0.2, 0.25) is 0 Å². The molecule has 0 aromatic heterocycles. The summed E-state index contributed by atoms with van der Waals surface area (Å²) < 4.78 is 96.4. The molecular weight excluding hydrogens is 333 g/mol. The van der Waals surface area contributed by atoms with Crippen molar-refractivity contribution >= 4 is 13.6 Å². The van der Waals surface area contributed by atoms with Gasteiger partial charge in [-0.25, -0.2) is 0 Å². The van der Waals surface area contributed by atoms with Crippen LogP contribution in [0.25, 0.3) is 0 Å². The topological polar surface area (TPSA) is 61.8 Å². The number of esters is 1. The van der Waals surface area contributed by atoms with Gasteiger partial charge in [0.15, 0.2) is 18.9 Å². The minimum Gasteiger partial charge on any atom is -0.465 e. The van der Waals surface area contributed by atoms with Gasteiger partial charge in [0.1, 0.15) is 0 Å². The summed E-state index contributed by atoms with van der Waals surface area (Å²) >= 11 is 0. The molecule has 0 aromatic rings. The van der Waals surface area contributed by atoms with Gasteiger partial charge in [-0.1, -0.05) is 0 Å². The van der Waals surface area contributed by atoms with Crippen LogP contribution in [-0.4, -0.2) is 43.8 Å². The molecule has 21 heavy (non-hydrogen) atoms. The molecule has 0 aliphatic rings. The average Bonchev–Trinajstić information content (AvgIpc) is 2.31. The van der Waals surface area contributed by atoms with Crippen LogP contribution >= 0.6 is 7.60 Å². The monoisotopic (exact) mass is 346 g/mol. The number of ether oxygens (including phenoxy) is 1. The molecule has 0 aliphatic heterocycles. The number of hydrogen-bond acceptors (Lipinski definition) is 5. The smallest absolute Gasteiger partial charge is 0.412 e. The Balaban J connectivity index is 5.06. The molecule has 0 spiro atoms. The number of hydrogen-bond donors (Lipinski definition) is 0. The molecule has 1 atom stereocenters. The van der Waals surface area contributed by atoms with Crippen molar-refractivity contribution < 1.29 is 49.5 Å². The van der Waals surface area contributed by atoms with Gasteiger partial charge in [-0.2, -0.15) is 26.3 Å². The number of carbonyl (C=O) groups excluding carboxylic acids is 1. The Labute approximate surface area is 116 Å². The molecule has 0 rings (SSSR count). The van der Waals surface area contributed by atoms with Gasteiger partial charge in [-0.05, 0) is 13.8 Å². The average molecular weight is 346 g/mol. The van der Waals surface area contributed by atoms with E-state index in [1.807, 2.05) is 0 Å². The second-order valence-electron chi connectivity index (χ2n) is 3.75. The van der Waals surface area contributed by atoms with Crippen LogP contribution in [0.5, 0.6) is 0 Å². The van der Waals surface area contributed by atoms with E-state index in [0.717, 1.165) is 6.92 Å². The van der Waals surface area contributed by atoms with E-state index in [2.05, 4.69) is 13.8 Å². The van der Waals surface area contributed by atoms with E-state index in [1.54, 1.807) is 0 Å². The Bertz CT molecular complexity index is 371. The third-order valence-electron chi connectivity index (χ3n) is 1.92. The fourth-order valence-electron chi connectivity index (χ4n) is 0.979. The van der Waals surface area contributed by atoms with E-state index < -0.39 is 44.8 Å². The zero-order chi connectivity index (χ0) is 16.9. The van der Waals surface area contributed by atoms with Gasteiger partial charge >= 0.3 is 25.9 Å². The molecule has 0 amide bonds. The quantitative estimate of drug-likeness (QED) is 0.402. The van der Waals surface area contributed by atoms with Crippen molar-refractivity contribution in [3.05, 3.63) is 0 Å². The molecule has 0 aliphatic carbocycles. The SMILES string of the molecule is CCOC(=O)C(C)P(=O)(OCC(F)(F)F)OCC(F)(F)F. The van der Waals surface area contributed by atoms with Crippen molar-refractivity contribution in [2.45, 2.75) is 31.9 Å². The maximum Gasteiger partial charge on any atom is 0.412 e. The highest BCUT2D eigenvalue weighted by molar-refractivity contribution is 7.55. The molecule has 5 nitrogen and oxygen atoms in total.